The van der Waals surface area contributed by atoms with E-state index in [4.69, 9.17) is 19.0 Å². The SMILES string of the molecule is COc1ccc(OC)c(Nc2nc(C)c(CC(=O)O)o2)c1. The number of hydrogen-bond donors (Lipinski definition) is 2. The lowest BCUT2D eigenvalue weighted by atomic mass is 10.2. The normalized spacial score (nSPS) is 10.2. The predicted molar refractivity (Wildman–Crippen MR) is 75.4 cm³/mol. The van der Waals surface area contributed by atoms with E-state index >= 15 is 0 Å². The van der Waals surface area contributed by atoms with E-state index in [1.807, 2.05) is 0 Å². The standard InChI is InChI=1S/C14H16N2O5/c1-8-12(7-13(17)18)21-14(15-8)16-10-6-9(19-2)4-5-11(10)20-3/h4-6H,7H2,1-3H3,(H,15,16)(H,17,18). The first-order chi connectivity index (χ1) is 10.0. The molecule has 0 unspecified atom stereocenters. The molecule has 2 aromatic rings. The summed E-state index contributed by atoms with van der Waals surface area (Å²) in [7, 11) is 3.11. The molecule has 0 radical (unpaired) electrons. The quantitative estimate of drug-likeness (QED) is 0.844. The van der Waals surface area contributed by atoms with Crippen LogP contribution in [0.2, 0.25) is 0 Å². The molecule has 0 aliphatic rings. The molecule has 7 nitrogen and oxygen atoms in total. The number of aryl methyl sites for hydroxylation is 1. The third-order valence-corrected chi connectivity index (χ3v) is 2.85. The summed E-state index contributed by atoms with van der Waals surface area (Å²) in [5.41, 5.74) is 1.14. The molecule has 0 bridgehead atoms. The number of benzene rings is 1. The average molecular weight is 292 g/mol. The Morgan fingerprint density at radius 2 is 2.14 bits per heavy atom. The Labute approximate surface area is 121 Å². The number of aliphatic carboxylic acids is 1. The van der Waals surface area contributed by atoms with Crippen LogP contribution in [0.5, 0.6) is 11.5 Å². The maximum absolute atomic E-state index is 10.7. The molecule has 0 fully saturated rings. The minimum absolute atomic E-state index is 0.204. The molecule has 1 heterocycles. The third kappa shape index (κ3) is 3.44. The molecule has 1 aromatic heterocycles. The van der Waals surface area contributed by atoms with Gasteiger partial charge < -0.3 is 24.3 Å². The lowest BCUT2D eigenvalue weighted by Gasteiger charge is -2.10. The van der Waals surface area contributed by atoms with E-state index in [9.17, 15) is 4.79 Å². The molecule has 2 N–H and O–H groups in total. The van der Waals surface area contributed by atoms with Gasteiger partial charge in [0.25, 0.3) is 6.01 Å². The van der Waals surface area contributed by atoms with Crippen molar-refractivity contribution < 1.29 is 23.8 Å². The van der Waals surface area contributed by atoms with Crippen molar-refractivity contribution in [1.82, 2.24) is 4.98 Å². The number of aromatic nitrogens is 1. The molecule has 0 saturated carbocycles. The monoisotopic (exact) mass is 292 g/mol. The van der Waals surface area contributed by atoms with Crippen LogP contribution in [0.4, 0.5) is 11.7 Å². The van der Waals surface area contributed by atoms with Gasteiger partial charge in [-0.15, -0.1) is 0 Å². The Bertz CT molecular complexity index is 651. The lowest BCUT2D eigenvalue weighted by molar-refractivity contribution is -0.136. The van der Waals surface area contributed by atoms with Gasteiger partial charge in [-0.1, -0.05) is 0 Å². The third-order valence-electron chi connectivity index (χ3n) is 2.85. The predicted octanol–water partition coefficient (Wildman–Crippen LogP) is 2.37. The highest BCUT2D eigenvalue weighted by Crippen LogP contribution is 2.31. The summed E-state index contributed by atoms with van der Waals surface area (Å²) < 4.78 is 15.8. The van der Waals surface area contributed by atoms with Crippen molar-refractivity contribution in [2.45, 2.75) is 13.3 Å². The van der Waals surface area contributed by atoms with Crippen LogP contribution in [-0.4, -0.2) is 30.3 Å². The average Bonchev–Trinajstić information content (AvgIpc) is 2.78. The fourth-order valence-corrected chi connectivity index (χ4v) is 1.81. The summed E-state index contributed by atoms with van der Waals surface area (Å²) in [5, 5.41) is 11.8. The van der Waals surface area contributed by atoms with E-state index in [1.54, 1.807) is 39.3 Å². The number of ether oxygens (including phenoxy) is 2. The largest absolute Gasteiger partial charge is 0.497 e. The fourth-order valence-electron chi connectivity index (χ4n) is 1.81. The van der Waals surface area contributed by atoms with Gasteiger partial charge in [0.2, 0.25) is 0 Å². The minimum atomic E-state index is -0.972. The van der Waals surface area contributed by atoms with Crippen molar-refractivity contribution in [2.24, 2.45) is 0 Å². The van der Waals surface area contributed by atoms with Crippen LogP contribution in [0.15, 0.2) is 22.6 Å². The first-order valence-electron chi connectivity index (χ1n) is 6.20. The molecular weight excluding hydrogens is 276 g/mol. The number of nitrogens with one attached hydrogen (secondary N) is 1. The Morgan fingerprint density at radius 1 is 1.38 bits per heavy atom. The number of carbonyl (C=O) groups is 1. The van der Waals surface area contributed by atoms with E-state index in [1.165, 1.54) is 0 Å². The Balaban J connectivity index is 2.27. The van der Waals surface area contributed by atoms with E-state index in [2.05, 4.69) is 10.3 Å². The zero-order valence-corrected chi connectivity index (χ0v) is 12.0. The van der Waals surface area contributed by atoms with Crippen LogP contribution in [0, 0.1) is 6.92 Å². The van der Waals surface area contributed by atoms with E-state index < -0.39 is 5.97 Å². The maximum Gasteiger partial charge on any atom is 0.311 e. The summed E-state index contributed by atoms with van der Waals surface area (Å²) in [6, 6.07) is 5.45. The molecule has 0 aliphatic heterocycles. The molecule has 0 aliphatic carbocycles. The van der Waals surface area contributed by atoms with Crippen LogP contribution < -0.4 is 14.8 Å². The van der Waals surface area contributed by atoms with Gasteiger partial charge in [0.05, 0.1) is 25.6 Å². The van der Waals surface area contributed by atoms with Gasteiger partial charge in [-0.25, -0.2) is 0 Å². The fraction of sp³-hybridized carbons (Fsp3) is 0.286. The molecule has 0 saturated heterocycles. The van der Waals surface area contributed by atoms with E-state index in [0.717, 1.165) is 0 Å². The minimum Gasteiger partial charge on any atom is -0.497 e. The number of oxazole rings is 1. The highest BCUT2D eigenvalue weighted by atomic mass is 16.5. The molecular formula is C14H16N2O5. The number of hydrogen-bond acceptors (Lipinski definition) is 6. The molecule has 0 spiro atoms. The van der Waals surface area contributed by atoms with Crippen LogP contribution in [0.3, 0.4) is 0 Å². The van der Waals surface area contributed by atoms with Gasteiger partial charge in [-0.3, -0.25) is 4.79 Å². The topological polar surface area (TPSA) is 93.8 Å². The Kier molecular flexibility index (Phi) is 4.32. The first-order valence-corrected chi connectivity index (χ1v) is 6.20. The van der Waals surface area contributed by atoms with E-state index in [-0.39, 0.29) is 12.4 Å². The zero-order chi connectivity index (χ0) is 15.4. The molecule has 0 amide bonds. The second-order valence-corrected chi connectivity index (χ2v) is 4.29. The second kappa shape index (κ2) is 6.17. The van der Waals surface area contributed by atoms with Crippen molar-refractivity contribution in [3.8, 4) is 11.5 Å². The van der Waals surface area contributed by atoms with Crippen molar-refractivity contribution >= 4 is 17.7 Å². The molecule has 7 heteroatoms. The summed E-state index contributed by atoms with van der Waals surface area (Å²) in [4.78, 5) is 14.9. The molecule has 2 rings (SSSR count). The second-order valence-electron chi connectivity index (χ2n) is 4.29. The van der Waals surface area contributed by atoms with Crippen LogP contribution in [0.25, 0.3) is 0 Å². The number of nitrogens with zero attached hydrogens (tertiary/aromatic N) is 1. The number of methoxy groups -OCH3 is 2. The smallest absolute Gasteiger partial charge is 0.311 e. The Hall–Kier alpha value is -2.70. The van der Waals surface area contributed by atoms with Gasteiger partial charge in [0.15, 0.2) is 0 Å². The molecule has 21 heavy (non-hydrogen) atoms. The number of carboxylic acid groups (broad SMARTS) is 1. The Morgan fingerprint density at radius 3 is 2.76 bits per heavy atom. The molecule has 0 atom stereocenters. The molecule has 1 aromatic carbocycles. The van der Waals surface area contributed by atoms with Crippen molar-refractivity contribution in [2.75, 3.05) is 19.5 Å². The van der Waals surface area contributed by atoms with Crippen LogP contribution in [0.1, 0.15) is 11.5 Å². The van der Waals surface area contributed by atoms with Crippen LogP contribution >= 0.6 is 0 Å². The van der Waals surface area contributed by atoms with E-state index in [0.29, 0.717) is 28.6 Å². The van der Waals surface area contributed by atoms with Gasteiger partial charge in [0, 0.05) is 6.07 Å². The van der Waals surface area contributed by atoms with Gasteiger partial charge >= 0.3 is 5.97 Å². The summed E-state index contributed by atoms with van der Waals surface area (Å²) in [5.74, 6) is 0.574. The summed E-state index contributed by atoms with van der Waals surface area (Å²) in [6.07, 6.45) is -0.213. The van der Waals surface area contributed by atoms with Gasteiger partial charge in [-0.05, 0) is 19.1 Å². The van der Waals surface area contributed by atoms with Crippen LogP contribution in [-0.2, 0) is 11.2 Å². The molecule has 112 valence electrons. The van der Waals surface area contributed by atoms with Gasteiger partial charge in [-0.2, -0.15) is 4.98 Å². The van der Waals surface area contributed by atoms with Crippen molar-refractivity contribution in [3.63, 3.8) is 0 Å². The van der Waals surface area contributed by atoms with Crippen molar-refractivity contribution in [3.05, 3.63) is 29.7 Å². The highest BCUT2D eigenvalue weighted by molar-refractivity contribution is 5.70. The van der Waals surface area contributed by atoms with Gasteiger partial charge in [0.1, 0.15) is 23.7 Å². The number of rotatable bonds is 6. The summed E-state index contributed by atoms with van der Waals surface area (Å²) >= 11 is 0. The maximum atomic E-state index is 10.7. The highest BCUT2D eigenvalue weighted by Gasteiger charge is 2.14. The number of anilines is 2. The van der Waals surface area contributed by atoms with Crippen molar-refractivity contribution in [1.29, 1.82) is 0 Å². The number of carboxylic acids is 1. The zero-order valence-electron chi connectivity index (χ0n) is 12.0. The lowest BCUT2D eigenvalue weighted by Crippen LogP contribution is -1.99. The summed E-state index contributed by atoms with van der Waals surface area (Å²) in [6.45, 7) is 1.69. The first kappa shape index (κ1) is 14.7.